The Balaban J connectivity index is 0.00000341. The van der Waals surface area contributed by atoms with E-state index in [2.05, 4.69) is 5.92 Å². The molecule has 1 aromatic carbocycles. The highest BCUT2D eigenvalue weighted by atomic mass is 127. The molecule has 0 unspecified atom stereocenters. The van der Waals surface area contributed by atoms with E-state index in [1.807, 2.05) is 35.2 Å². The third kappa shape index (κ3) is 6.32. The number of rotatable bonds is 8. The first-order chi connectivity index (χ1) is 14.5. The highest BCUT2D eigenvalue weighted by molar-refractivity contribution is 8.01. The smallest absolute Gasteiger partial charge is 0.310 e. The van der Waals surface area contributed by atoms with Gasteiger partial charge in [-0.05, 0) is 31.2 Å². The Morgan fingerprint density at radius 2 is 1.87 bits per heavy atom. The number of aromatic nitrogens is 1. The van der Waals surface area contributed by atoms with Crippen molar-refractivity contribution in [2.75, 3.05) is 12.4 Å². The van der Waals surface area contributed by atoms with Crippen LogP contribution >= 0.6 is 34.7 Å². The Morgan fingerprint density at radius 3 is 2.48 bits per heavy atom. The summed E-state index contributed by atoms with van der Waals surface area (Å²) < 4.78 is 7.95. The van der Waals surface area contributed by atoms with E-state index in [1.165, 1.54) is 23.1 Å². The van der Waals surface area contributed by atoms with Gasteiger partial charge in [-0.3, -0.25) is 9.59 Å². The normalized spacial score (nSPS) is 10.1. The molecule has 0 aliphatic heterocycles. The quantitative estimate of drug-likeness (QED) is 0.101. The number of carbonyl (C=O) groups excluding carboxylic acids is 2. The summed E-state index contributed by atoms with van der Waals surface area (Å²) in [6, 6.07) is 12.4. The number of pyridine rings is 1. The number of thiophene rings is 1. The second kappa shape index (κ2) is 12.2. The van der Waals surface area contributed by atoms with E-state index in [1.54, 1.807) is 31.2 Å². The van der Waals surface area contributed by atoms with E-state index in [0.29, 0.717) is 26.8 Å². The Labute approximate surface area is 212 Å². The first-order valence-electron chi connectivity index (χ1n) is 9.19. The summed E-state index contributed by atoms with van der Waals surface area (Å²) in [6.45, 7) is 2.03. The third-order valence-electron chi connectivity index (χ3n) is 4.15. The van der Waals surface area contributed by atoms with Crippen molar-refractivity contribution in [1.82, 2.24) is 0 Å². The molecule has 0 spiro atoms. The van der Waals surface area contributed by atoms with Crippen molar-refractivity contribution < 1.29 is 42.9 Å². The minimum absolute atomic E-state index is 0. The van der Waals surface area contributed by atoms with Crippen LogP contribution in [0.5, 0.6) is 0 Å². The standard InChI is InChI=1S/C23H19ClNO3S2.HI/c1-3-14-29-23-20(25-12-6-5-7-13-25)18(15-19(26)28-4-2)22(30-23)21(27)16-8-10-17(24)11-9-16;/h1,5-13H,4,14-15H2,2H3;1H/q+1;/p-1. The SMILES string of the molecule is C#CCSc1sc(C(=O)c2ccc(Cl)cc2)c(CC(=O)OCC)c1-[n+]1ccccc1.[I-]. The fraction of sp³-hybridized carbons (Fsp3) is 0.174. The molecule has 2 aromatic heterocycles. The molecule has 0 bridgehead atoms. The number of nitrogens with zero attached hydrogens (tertiary/aromatic N) is 1. The van der Waals surface area contributed by atoms with Crippen LogP contribution in [0.1, 0.15) is 27.7 Å². The molecule has 0 radical (unpaired) electrons. The van der Waals surface area contributed by atoms with Gasteiger partial charge in [0.25, 0.3) is 0 Å². The molecular weight excluding hydrogens is 565 g/mol. The van der Waals surface area contributed by atoms with Crippen LogP contribution in [0.4, 0.5) is 0 Å². The fourth-order valence-electron chi connectivity index (χ4n) is 2.88. The van der Waals surface area contributed by atoms with Gasteiger partial charge in [0.2, 0.25) is 11.5 Å². The fourth-order valence-corrected chi connectivity index (χ4v) is 5.26. The predicted molar refractivity (Wildman–Crippen MR) is 121 cm³/mol. The third-order valence-corrected chi connectivity index (χ3v) is 6.78. The number of ketones is 1. The van der Waals surface area contributed by atoms with Crippen LogP contribution in [0, 0.1) is 12.3 Å². The van der Waals surface area contributed by atoms with Gasteiger partial charge >= 0.3 is 5.97 Å². The lowest BCUT2D eigenvalue weighted by Gasteiger charge is -2.05. The zero-order chi connectivity index (χ0) is 21.5. The zero-order valence-electron chi connectivity index (χ0n) is 16.6. The lowest BCUT2D eigenvalue weighted by atomic mass is 10.0. The average molecular weight is 584 g/mol. The number of carbonyl (C=O) groups is 2. The number of esters is 1. The minimum atomic E-state index is -0.383. The number of terminal acetylenes is 1. The molecule has 3 aromatic rings. The minimum Gasteiger partial charge on any atom is -1.00 e. The maximum Gasteiger partial charge on any atom is 0.310 e. The van der Waals surface area contributed by atoms with Crippen LogP contribution in [0.25, 0.3) is 5.69 Å². The van der Waals surface area contributed by atoms with Crippen LogP contribution in [0.2, 0.25) is 5.02 Å². The molecule has 160 valence electrons. The summed E-state index contributed by atoms with van der Waals surface area (Å²) >= 11 is 8.78. The van der Waals surface area contributed by atoms with E-state index in [-0.39, 0.29) is 48.8 Å². The predicted octanol–water partition coefficient (Wildman–Crippen LogP) is 1.74. The van der Waals surface area contributed by atoms with Gasteiger partial charge in [0, 0.05) is 22.7 Å². The molecule has 0 amide bonds. The maximum atomic E-state index is 13.3. The van der Waals surface area contributed by atoms with E-state index >= 15 is 0 Å². The Hall–Kier alpha value is -1.86. The molecule has 4 nitrogen and oxygen atoms in total. The first-order valence-corrected chi connectivity index (χ1v) is 11.4. The van der Waals surface area contributed by atoms with Gasteiger partial charge in [-0.1, -0.05) is 35.3 Å². The molecule has 0 N–H and O–H groups in total. The summed E-state index contributed by atoms with van der Waals surface area (Å²) in [7, 11) is 0. The largest absolute Gasteiger partial charge is 1.00 e. The van der Waals surface area contributed by atoms with E-state index < -0.39 is 0 Å². The summed E-state index contributed by atoms with van der Waals surface area (Å²) in [5.41, 5.74) is 1.92. The van der Waals surface area contributed by atoms with E-state index in [4.69, 9.17) is 22.8 Å². The van der Waals surface area contributed by atoms with Crippen LogP contribution in [0.3, 0.4) is 0 Å². The first kappa shape index (κ1) is 25.4. The van der Waals surface area contributed by atoms with Gasteiger partial charge in [0.1, 0.15) is 4.21 Å². The molecule has 0 atom stereocenters. The second-order valence-electron chi connectivity index (χ2n) is 6.14. The molecule has 0 saturated heterocycles. The van der Waals surface area contributed by atoms with Gasteiger partial charge < -0.3 is 28.7 Å². The van der Waals surface area contributed by atoms with Crippen LogP contribution in [-0.4, -0.2) is 24.1 Å². The summed E-state index contributed by atoms with van der Waals surface area (Å²) in [5, 5.41) is 0.551. The summed E-state index contributed by atoms with van der Waals surface area (Å²) in [5.74, 6) is 2.53. The Kier molecular flexibility index (Phi) is 10.0. The number of thioether (sulfide) groups is 1. The van der Waals surface area contributed by atoms with Gasteiger partial charge in [-0.25, -0.2) is 0 Å². The van der Waals surface area contributed by atoms with Crippen molar-refractivity contribution >= 4 is 46.5 Å². The number of hydrogen-bond donors (Lipinski definition) is 0. The second-order valence-corrected chi connectivity index (χ2v) is 8.84. The zero-order valence-corrected chi connectivity index (χ0v) is 21.2. The number of ether oxygens (including phenoxy) is 1. The Bertz CT molecular complexity index is 1090. The number of halogens is 2. The van der Waals surface area contributed by atoms with Gasteiger partial charge in [-0.2, -0.15) is 4.57 Å². The monoisotopic (exact) mass is 583 g/mol. The molecule has 31 heavy (non-hydrogen) atoms. The lowest BCUT2D eigenvalue weighted by molar-refractivity contribution is -0.598. The highest BCUT2D eigenvalue weighted by Crippen LogP contribution is 2.38. The number of hydrogen-bond acceptors (Lipinski definition) is 5. The number of benzene rings is 1. The van der Waals surface area contributed by atoms with Crippen molar-refractivity contribution in [3.8, 4) is 18.0 Å². The van der Waals surface area contributed by atoms with Crippen molar-refractivity contribution in [3.63, 3.8) is 0 Å². The maximum absolute atomic E-state index is 13.3. The van der Waals surface area contributed by atoms with E-state index in [9.17, 15) is 9.59 Å². The van der Waals surface area contributed by atoms with Gasteiger partial charge in [0.05, 0.1) is 29.2 Å². The van der Waals surface area contributed by atoms with Gasteiger partial charge in [0.15, 0.2) is 12.4 Å². The van der Waals surface area contributed by atoms with Crippen molar-refractivity contribution in [2.24, 2.45) is 0 Å². The van der Waals surface area contributed by atoms with Crippen molar-refractivity contribution in [2.45, 2.75) is 17.6 Å². The van der Waals surface area contributed by atoms with Crippen molar-refractivity contribution in [3.05, 3.63) is 75.9 Å². The van der Waals surface area contributed by atoms with E-state index in [0.717, 1.165) is 9.90 Å². The van der Waals surface area contributed by atoms with Gasteiger partial charge in [-0.15, -0.1) is 17.8 Å². The molecule has 8 heteroatoms. The average Bonchev–Trinajstić information content (AvgIpc) is 3.11. The van der Waals surface area contributed by atoms with Crippen LogP contribution in [0.15, 0.2) is 59.1 Å². The highest BCUT2D eigenvalue weighted by Gasteiger charge is 2.31. The Morgan fingerprint density at radius 1 is 1.19 bits per heavy atom. The molecule has 3 rings (SSSR count). The summed E-state index contributed by atoms with van der Waals surface area (Å²) in [6.07, 6.45) is 9.23. The lowest BCUT2D eigenvalue weighted by Crippen LogP contribution is -3.00. The molecule has 0 aliphatic rings. The molecule has 0 aliphatic carbocycles. The molecule has 0 fully saturated rings. The van der Waals surface area contributed by atoms with Crippen LogP contribution in [-0.2, 0) is 16.0 Å². The topological polar surface area (TPSA) is 47.3 Å². The molecule has 2 heterocycles. The molecular formula is C23H19ClINO3S2. The van der Waals surface area contributed by atoms with Crippen molar-refractivity contribution in [1.29, 1.82) is 0 Å². The summed E-state index contributed by atoms with van der Waals surface area (Å²) in [4.78, 5) is 26.2. The van der Waals surface area contributed by atoms with Crippen LogP contribution < -0.4 is 28.5 Å². The molecule has 0 saturated carbocycles.